The van der Waals surface area contributed by atoms with Crippen LogP contribution in [0.15, 0.2) is 0 Å². The van der Waals surface area contributed by atoms with Crippen LogP contribution in [-0.4, -0.2) is 42.1 Å². The molecule has 0 aliphatic rings. The van der Waals surface area contributed by atoms with E-state index in [0.29, 0.717) is 0 Å². The zero-order valence-corrected chi connectivity index (χ0v) is 9.71. The topological polar surface area (TPSA) is 125 Å². The van der Waals surface area contributed by atoms with Crippen LogP contribution in [0.1, 0.15) is 6.92 Å². The van der Waals surface area contributed by atoms with Gasteiger partial charge in [-0.3, -0.25) is 14.9 Å². The van der Waals surface area contributed by atoms with E-state index in [1.165, 1.54) is 0 Å². The van der Waals surface area contributed by atoms with E-state index in [4.69, 9.17) is 11.5 Å². The van der Waals surface area contributed by atoms with Gasteiger partial charge in [0.25, 0.3) is 0 Å². The van der Waals surface area contributed by atoms with E-state index in [1.54, 1.807) is 6.92 Å². The molecule has 1 atom stereocenters. The largest absolute Gasteiger partial charge is 0.465 e. The number of hydrogen-bond donors (Lipinski definition) is 3. The average Bonchev–Trinajstić information content (AvgIpc) is 2.16. The van der Waals surface area contributed by atoms with Crippen LogP contribution in [0.2, 0.25) is 0 Å². The Morgan fingerprint density at radius 2 is 2.06 bits per heavy atom. The summed E-state index contributed by atoms with van der Waals surface area (Å²) in [5, 5.41) is 1.89. The van der Waals surface area contributed by atoms with Crippen molar-refractivity contribution < 1.29 is 19.1 Å². The lowest BCUT2D eigenvalue weighted by atomic mass is 10.4. The third-order valence-electron chi connectivity index (χ3n) is 1.38. The summed E-state index contributed by atoms with van der Waals surface area (Å²) in [5.74, 6) is -0.778. The van der Waals surface area contributed by atoms with Gasteiger partial charge < -0.3 is 16.2 Å². The summed E-state index contributed by atoms with van der Waals surface area (Å²) in [6, 6.07) is -1.67. The Bertz CT molecular complexity index is 272. The molecule has 0 aromatic heterocycles. The van der Waals surface area contributed by atoms with E-state index in [1.807, 2.05) is 5.32 Å². The van der Waals surface area contributed by atoms with Crippen LogP contribution < -0.4 is 16.8 Å². The first-order valence-corrected chi connectivity index (χ1v) is 5.72. The minimum absolute atomic E-state index is 0.00997. The van der Waals surface area contributed by atoms with Gasteiger partial charge in [0.1, 0.15) is 6.04 Å². The second-order valence-corrected chi connectivity index (χ2v) is 3.82. The molecule has 0 rings (SSSR count). The Morgan fingerprint density at radius 1 is 1.44 bits per heavy atom. The van der Waals surface area contributed by atoms with Gasteiger partial charge in [-0.25, -0.2) is 4.79 Å². The molecule has 0 aliphatic carbocycles. The number of rotatable bonds is 6. The molecule has 7 nitrogen and oxygen atoms in total. The molecule has 0 aromatic carbocycles. The third-order valence-corrected chi connectivity index (χ3v) is 2.44. The quantitative estimate of drug-likeness (QED) is 0.508. The molecule has 0 saturated heterocycles. The third kappa shape index (κ3) is 7.07. The van der Waals surface area contributed by atoms with Crippen molar-refractivity contribution in [3.8, 4) is 0 Å². The monoisotopic (exact) mass is 249 g/mol. The first kappa shape index (κ1) is 14.7. The number of carbonyl (C=O) groups is 3. The van der Waals surface area contributed by atoms with Gasteiger partial charge in [-0.15, -0.1) is 11.8 Å². The van der Waals surface area contributed by atoms with Gasteiger partial charge in [-0.1, -0.05) is 0 Å². The number of carbonyl (C=O) groups excluding carboxylic acids is 3. The van der Waals surface area contributed by atoms with E-state index >= 15 is 0 Å². The van der Waals surface area contributed by atoms with Crippen LogP contribution in [0, 0.1) is 0 Å². The van der Waals surface area contributed by atoms with Crippen molar-refractivity contribution in [1.29, 1.82) is 0 Å². The van der Waals surface area contributed by atoms with Crippen LogP contribution in [-0.2, 0) is 14.3 Å². The van der Waals surface area contributed by atoms with Crippen LogP contribution in [0.3, 0.4) is 0 Å². The van der Waals surface area contributed by atoms with E-state index in [2.05, 4.69) is 4.74 Å². The van der Waals surface area contributed by atoms with Gasteiger partial charge in [0.2, 0.25) is 5.91 Å². The highest BCUT2D eigenvalue weighted by Crippen LogP contribution is 2.02. The molecule has 0 aliphatic heterocycles. The summed E-state index contributed by atoms with van der Waals surface area (Å²) in [6.07, 6.45) is 0. The predicted octanol–water partition coefficient (Wildman–Crippen LogP) is -1.20. The number of ether oxygens (including phenoxy) is 1. The molecule has 0 fully saturated rings. The number of hydrogen-bond acceptors (Lipinski definition) is 6. The summed E-state index contributed by atoms with van der Waals surface area (Å²) >= 11 is 1.12. The lowest BCUT2D eigenvalue weighted by Crippen LogP contribution is -2.37. The number of nitrogens with two attached hydrogens (primary N) is 2. The lowest BCUT2D eigenvalue weighted by molar-refractivity contribution is -0.144. The molecular formula is C8H15N3O4S. The van der Waals surface area contributed by atoms with Gasteiger partial charge in [-0.05, 0) is 6.92 Å². The first-order valence-electron chi connectivity index (χ1n) is 4.56. The fourth-order valence-corrected chi connectivity index (χ4v) is 1.53. The Morgan fingerprint density at radius 3 is 2.56 bits per heavy atom. The average molecular weight is 249 g/mol. The maximum Gasteiger partial charge on any atom is 0.323 e. The van der Waals surface area contributed by atoms with Crippen molar-refractivity contribution in [2.75, 3.05) is 18.1 Å². The van der Waals surface area contributed by atoms with Gasteiger partial charge in [0.15, 0.2) is 0 Å². The van der Waals surface area contributed by atoms with Crippen LogP contribution >= 0.6 is 11.8 Å². The zero-order chi connectivity index (χ0) is 12.6. The predicted molar refractivity (Wildman–Crippen MR) is 59.7 cm³/mol. The Balaban J connectivity index is 3.69. The lowest BCUT2D eigenvalue weighted by Gasteiger charge is -2.09. The molecule has 0 aromatic rings. The van der Waals surface area contributed by atoms with Gasteiger partial charge in [-0.2, -0.15) is 0 Å². The zero-order valence-electron chi connectivity index (χ0n) is 8.89. The number of esters is 1. The molecule has 16 heavy (non-hydrogen) atoms. The van der Waals surface area contributed by atoms with Crippen LogP contribution in [0.5, 0.6) is 0 Å². The summed E-state index contributed by atoms with van der Waals surface area (Å²) in [4.78, 5) is 32.3. The normalized spacial score (nSPS) is 11.6. The fourth-order valence-electron chi connectivity index (χ4n) is 0.769. The van der Waals surface area contributed by atoms with Crippen molar-refractivity contribution in [2.24, 2.45) is 11.5 Å². The molecule has 0 heterocycles. The van der Waals surface area contributed by atoms with Gasteiger partial charge >= 0.3 is 12.0 Å². The minimum atomic E-state index is -0.903. The maximum atomic E-state index is 11.1. The molecule has 0 spiro atoms. The minimum Gasteiger partial charge on any atom is -0.465 e. The van der Waals surface area contributed by atoms with Crippen LogP contribution in [0.4, 0.5) is 4.79 Å². The van der Waals surface area contributed by atoms with Crippen molar-refractivity contribution in [2.45, 2.75) is 13.0 Å². The van der Waals surface area contributed by atoms with Crippen LogP contribution in [0.25, 0.3) is 0 Å². The second kappa shape index (κ2) is 7.94. The highest BCUT2D eigenvalue weighted by Gasteiger charge is 2.15. The van der Waals surface area contributed by atoms with Gasteiger partial charge in [0.05, 0.1) is 12.4 Å². The summed E-state index contributed by atoms with van der Waals surface area (Å²) in [5.41, 5.74) is 10.2. The number of imide groups is 1. The van der Waals surface area contributed by atoms with E-state index in [9.17, 15) is 14.4 Å². The number of amides is 3. The molecule has 1 unspecified atom stereocenters. The summed E-state index contributed by atoms with van der Waals surface area (Å²) in [6.45, 7) is 1.94. The van der Waals surface area contributed by atoms with Gasteiger partial charge in [0, 0.05) is 5.75 Å². The smallest absolute Gasteiger partial charge is 0.323 e. The van der Waals surface area contributed by atoms with E-state index < -0.39 is 23.9 Å². The van der Waals surface area contributed by atoms with Crippen molar-refractivity contribution in [3.63, 3.8) is 0 Å². The Kier molecular flexibility index (Phi) is 7.31. The fraction of sp³-hybridized carbons (Fsp3) is 0.625. The molecule has 0 bridgehead atoms. The standard InChI is InChI=1S/C8H15N3O4S/c1-2-15-7(13)5(9)3-16-4-6(12)11-8(10)14/h5H,2-4,9H2,1H3,(H3,10,11,12,14). The SMILES string of the molecule is CCOC(=O)C(N)CSCC(=O)NC(N)=O. The molecule has 0 radical (unpaired) electrons. The second-order valence-electron chi connectivity index (χ2n) is 2.79. The first-order chi connectivity index (χ1) is 7.47. The number of nitrogens with one attached hydrogen (secondary N) is 1. The van der Waals surface area contributed by atoms with Crippen molar-refractivity contribution in [1.82, 2.24) is 5.32 Å². The number of urea groups is 1. The molecule has 92 valence electrons. The Hall–Kier alpha value is -1.28. The summed E-state index contributed by atoms with van der Waals surface area (Å²) < 4.78 is 4.67. The van der Waals surface area contributed by atoms with Crippen molar-refractivity contribution in [3.05, 3.63) is 0 Å². The molecule has 0 saturated carbocycles. The van der Waals surface area contributed by atoms with Crippen molar-refractivity contribution >= 4 is 29.7 Å². The molecule has 5 N–H and O–H groups in total. The molecular weight excluding hydrogens is 234 g/mol. The van der Waals surface area contributed by atoms with E-state index in [-0.39, 0.29) is 18.1 Å². The van der Waals surface area contributed by atoms with E-state index in [0.717, 1.165) is 11.8 Å². The highest BCUT2D eigenvalue weighted by atomic mass is 32.2. The number of primary amides is 1. The maximum absolute atomic E-state index is 11.1. The summed E-state index contributed by atoms with van der Waals surface area (Å²) in [7, 11) is 0. The molecule has 3 amide bonds. The molecule has 8 heteroatoms. The number of thioether (sulfide) groups is 1. The highest BCUT2D eigenvalue weighted by molar-refractivity contribution is 8.00. The Labute approximate surface area is 97.2 Å².